The van der Waals surface area contributed by atoms with Gasteiger partial charge in [-0.25, -0.2) is 4.39 Å². The molecule has 3 nitrogen and oxygen atoms in total. The van der Waals surface area contributed by atoms with Gasteiger partial charge in [-0.1, -0.05) is 225 Å². The summed E-state index contributed by atoms with van der Waals surface area (Å²) in [5, 5.41) is 6.41. The summed E-state index contributed by atoms with van der Waals surface area (Å²) in [5.74, 6) is -0.348. The Morgan fingerprint density at radius 2 is 0.857 bits per heavy atom. The number of fused-ring (bicyclic) bond motifs is 13. The second-order valence-electron chi connectivity index (χ2n) is 25.8. The molecule has 1 aromatic heterocycles. The molecular weight excluding hydrogens is 1020 g/mol. The lowest BCUT2D eigenvalue weighted by molar-refractivity contribution is 0.590. The van der Waals surface area contributed by atoms with Crippen LogP contribution in [-0.2, 0) is 21.7 Å². The second-order valence-corrected chi connectivity index (χ2v) is 25.8. The molecule has 4 heteroatoms. The van der Waals surface area contributed by atoms with E-state index in [1.807, 2.05) is 6.07 Å². The van der Waals surface area contributed by atoms with E-state index in [2.05, 4.69) is 296 Å². The third-order valence-corrected chi connectivity index (χ3v) is 18.4. The third kappa shape index (κ3) is 7.76. The summed E-state index contributed by atoms with van der Waals surface area (Å²) in [6.07, 6.45) is 0. The van der Waals surface area contributed by atoms with Crippen LogP contribution in [0.3, 0.4) is 0 Å². The number of benzene rings is 12. The monoisotopic (exact) mass is 1090 g/mol. The first-order valence-electron chi connectivity index (χ1n) is 29.5. The number of halogens is 1. The third-order valence-electron chi connectivity index (χ3n) is 18.4. The van der Waals surface area contributed by atoms with Crippen molar-refractivity contribution in [3.8, 4) is 22.3 Å². The molecule has 2 aliphatic carbocycles. The summed E-state index contributed by atoms with van der Waals surface area (Å²) in [4.78, 5) is 4.94. The maximum atomic E-state index is 16.0. The first-order chi connectivity index (χ1) is 40.6. The predicted octanol–water partition coefficient (Wildman–Crippen LogP) is 22.2. The van der Waals surface area contributed by atoms with Crippen LogP contribution in [0.2, 0.25) is 0 Å². The van der Waals surface area contributed by atoms with Gasteiger partial charge in [0.05, 0.1) is 22.2 Å². The van der Waals surface area contributed by atoms with Crippen LogP contribution >= 0.6 is 0 Å². The van der Waals surface area contributed by atoms with Gasteiger partial charge in [0.1, 0.15) is 17.0 Å². The maximum absolute atomic E-state index is 16.0. The SMILES string of the molecule is CC(C)(C)c1ccc(N(c2ccc3ccccc3c2)c2cc3c(c4c2-c2ccccc2C4(C)C)-c2c(cc(N(c4ccc(C(C)(C)C)cc4)c4ccc5ccccc5c4)c4c2oc2cc(F)ccc24)C3(c2ccccc2)c2ccccc2)cc1. The number of rotatable bonds is 8. The molecule has 2 aliphatic rings. The molecule has 12 aromatic carbocycles. The standard InChI is InChI=1S/C80H65FN2O/c1-77(2,3)54-33-40-59(41-34-54)82(61-38-31-50-21-15-17-23-52(50)45-61)68-48-66-73(75-71(68)63-29-19-20-30-65(63)79(75,7)8)74-67(80(66,56-25-11-9-12-26-56)57-27-13-10-14-28-57)49-69(72-64-44-37-58(81)47-70(64)84-76(72)74)83(60-42-35-55(36-43-60)78(4,5)6)62-39-32-51-22-16-18-24-53(51)46-62/h9-49H,1-8H3. The highest BCUT2D eigenvalue weighted by Gasteiger charge is 2.53. The van der Waals surface area contributed by atoms with Crippen molar-refractivity contribution in [3.63, 3.8) is 0 Å². The molecule has 0 aliphatic heterocycles. The number of hydrogen-bond donors (Lipinski definition) is 0. The molecule has 408 valence electrons. The highest BCUT2D eigenvalue weighted by Crippen LogP contribution is 2.68. The molecule has 0 amide bonds. The van der Waals surface area contributed by atoms with E-state index in [1.54, 1.807) is 12.1 Å². The van der Waals surface area contributed by atoms with Crippen LogP contribution in [0.25, 0.3) is 65.7 Å². The average molecular weight is 1090 g/mol. The zero-order valence-corrected chi connectivity index (χ0v) is 48.9. The summed E-state index contributed by atoms with van der Waals surface area (Å²) in [6, 6.07) is 90.7. The zero-order chi connectivity index (χ0) is 57.4. The Morgan fingerprint density at radius 3 is 1.40 bits per heavy atom. The number of hydrogen-bond acceptors (Lipinski definition) is 3. The van der Waals surface area contributed by atoms with Gasteiger partial charge < -0.3 is 14.2 Å². The molecule has 0 saturated heterocycles. The number of furan rings is 1. The van der Waals surface area contributed by atoms with E-state index in [4.69, 9.17) is 4.42 Å². The smallest absolute Gasteiger partial charge is 0.145 e. The highest BCUT2D eigenvalue weighted by molar-refractivity contribution is 6.21. The van der Waals surface area contributed by atoms with Gasteiger partial charge >= 0.3 is 0 Å². The van der Waals surface area contributed by atoms with Gasteiger partial charge in [0.15, 0.2) is 0 Å². The lowest BCUT2D eigenvalue weighted by atomic mass is 9.67. The molecule has 0 bridgehead atoms. The Labute approximate surface area is 491 Å². The van der Waals surface area contributed by atoms with E-state index < -0.39 is 10.8 Å². The Morgan fingerprint density at radius 1 is 0.393 bits per heavy atom. The largest absolute Gasteiger partial charge is 0.455 e. The van der Waals surface area contributed by atoms with Crippen molar-refractivity contribution >= 4 is 77.6 Å². The first-order valence-corrected chi connectivity index (χ1v) is 29.5. The molecule has 0 spiro atoms. The van der Waals surface area contributed by atoms with Crippen molar-refractivity contribution < 1.29 is 8.81 Å². The molecule has 0 saturated carbocycles. The fraction of sp³-hybridized carbons (Fsp3) is 0.150. The maximum Gasteiger partial charge on any atom is 0.145 e. The van der Waals surface area contributed by atoms with Gasteiger partial charge in [0.25, 0.3) is 0 Å². The lowest BCUT2D eigenvalue weighted by Gasteiger charge is -2.37. The molecule has 0 unspecified atom stereocenters. The summed E-state index contributed by atoms with van der Waals surface area (Å²) in [5.41, 5.74) is 19.8. The zero-order valence-electron chi connectivity index (χ0n) is 48.9. The van der Waals surface area contributed by atoms with E-state index in [0.717, 1.165) is 94.6 Å². The van der Waals surface area contributed by atoms with E-state index in [9.17, 15) is 0 Å². The Balaban J connectivity index is 1.14. The Bertz CT molecular complexity index is 4730. The van der Waals surface area contributed by atoms with Gasteiger partial charge in [-0.15, -0.1) is 0 Å². The van der Waals surface area contributed by atoms with Crippen molar-refractivity contribution in [1.82, 2.24) is 0 Å². The van der Waals surface area contributed by atoms with Crippen LogP contribution < -0.4 is 9.80 Å². The van der Waals surface area contributed by atoms with Crippen LogP contribution in [-0.4, -0.2) is 0 Å². The fourth-order valence-corrected chi connectivity index (χ4v) is 14.3. The molecule has 0 radical (unpaired) electrons. The van der Waals surface area contributed by atoms with E-state index in [1.165, 1.54) is 44.2 Å². The first kappa shape index (κ1) is 51.4. The summed E-state index contributed by atoms with van der Waals surface area (Å²) in [6.45, 7) is 18.5. The van der Waals surface area contributed by atoms with Gasteiger partial charge in [0.2, 0.25) is 0 Å². The van der Waals surface area contributed by atoms with Gasteiger partial charge in [0, 0.05) is 50.7 Å². The molecule has 13 aromatic rings. The second kappa shape index (κ2) is 18.8. The minimum Gasteiger partial charge on any atom is -0.455 e. The van der Waals surface area contributed by atoms with Gasteiger partial charge in [-0.05, 0) is 161 Å². The van der Waals surface area contributed by atoms with Crippen molar-refractivity contribution in [2.45, 2.75) is 77.0 Å². The summed E-state index contributed by atoms with van der Waals surface area (Å²) in [7, 11) is 0. The minimum absolute atomic E-state index is 0.0484. The quantitative estimate of drug-likeness (QED) is 0.151. The average Bonchev–Trinajstić information content (AvgIpc) is 1.60. The Kier molecular flexibility index (Phi) is 11.5. The minimum atomic E-state index is -0.939. The van der Waals surface area contributed by atoms with E-state index in [-0.39, 0.29) is 16.6 Å². The van der Waals surface area contributed by atoms with Crippen LogP contribution in [0.4, 0.5) is 38.5 Å². The molecule has 0 atom stereocenters. The van der Waals surface area contributed by atoms with E-state index >= 15 is 4.39 Å². The summed E-state index contributed by atoms with van der Waals surface area (Å²) < 4.78 is 23.6. The van der Waals surface area contributed by atoms with Gasteiger partial charge in [-0.2, -0.15) is 0 Å². The van der Waals surface area contributed by atoms with Crippen LogP contribution in [0.5, 0.6) is 0 Å². The highest BCUT2D eigenvalue weighted by atomic mass is 19.1. The van der Waals surface area contributed by atoms with Crippen molar-refractivity contribution in [3.05, 3.63) is 299 Å². The topological polar surface area (TPSA) is 19.6 Å². The van der Waals surface area contributed by atoms with E-state index in [0.29, 0.717) is 5.58 Å². The molecule has 84 heavy (non-hydrogen) atoms. The van der Waals surface area contributed by atoms with Crippen LogP contribution in [0.15, 0.2) is 253 Å². The molecule has 0 fully saturated rings. The number of anilines is 6. The van der Waals surface area contributed by atoms with Crippen LogP contribution in [0, 0.1) is 5.82 Å². The molecule has 0 N–H and O–H groups in total. The number of nitrogens with zero attached hydrogens (tertiary/aromatic N) is 2. The predicted molar refractivity (Wildman–Crippen MR) is 350 cm³/mol. The van der Waals surface area contributed by atoms with Crippen molar-refractivity contribution in [2.24, 2.45) is 0 Å². The van der Waals surface area contributed by atoms with Crippen molar-refractivity contribution in [1.29, 1.82) is 0 Å². The van der Waals surface area contributed by atoms with Gasteiger partial charge in [-0.3, -0.25) is 0 Å². The lowest BCUT2D eigenvalue weighted by Crippen LogP contribution is -2.29. The van der Waals surface area contributed by atoms with Crippen molar-refractivity contribution in [2.75, 3.05) is 9.80 Å². The van der Waals surface area contributed by atoms with Crippen LogP contribution in [0.1, 0.15) is 99.9 Å². The fourth-order valence-electron chi connectivity index (χ4n) is 14.3. The Hall–Kier alpha value is -9.51. The molecule has 1 heterocycles. The molecular formula is C80H65FN2O. The summed E-state index contributed by atoms with van der Waals surface area (Å²) >= 11 is 0. The molecule has 15 rings (SSSR count). The normalized spacial score (nSPS) is 14.0.